The Labute approximate surface area is 130 Å². The Kier molecular flexibility index (Phi) is 2.90. The number of thiophene rings is 1. The number of fused-ring (bicyclic) bond motifs is 1. The van der Waals surface area contributed by atoms with Gasteiger partial charge in [0.15, 0.2) is 0 Å². The number of benzene rings is 1. The molecule has 4 aromatic rings. The van der Waals surface area contributed by atoms with Gasteiger partial charge in [0.25, 0.3) is 0 Å². The van der Waals surface area contributed by atoms with Crippen LogP contribution < -0.4 is 0 Å². The Balaban J connectivity index is 1.96. The van der Waals surface area contributed by atoms with Crippen LogP contribution in [0.15, 0.2) is 36.4 Å². The zero-order chi connectivity index (χ0) is 14.4. The van der Waals surface area contributed by atoms with Crippen molar-refractivity contribution in [2.75, 3.05) is 0 Å². The number of nitrogens with one attached hydrogen (secondary N) is 1. The van der Waals surface area contributed by atoms with E-state index in [4.69, 9.17) is 0 Å². The van der Waals surface area contributed by atoms with Gasteiger partial charge in [-0.25, -0.2) is 0 Å². The lowest BCUT2D eigenvalue weighted by atomic mass is 10.1. The Morgan fingerprint density at radius 1 is 0.857 bits per heavy atom. The molecule has 21 heavy (non-hydrogen) atoms. The van der Waals surface area contributed by atoms with Gasteiger partial charge in [-0.2, -0.15) is 8.75 Å². The molecule has 0 aliphatic rings. The lowest BCUT2D eigenvalue weighted by Gasteiger charge is -2.03. The predicted molar refractivity (Wildman–Crippen MR) is 90.0 cm³/mol. The number of nitrogens with zero attached hydrogens (tertiary/aromatic N) is 2. The third-order valence-electron chi connectivity index (χ3n) is 3.54. The van der Waals surface area contributed by atoms with Crippen molar-refractivity contribution in [1.82, 2.24) is 13.7 Å². The Hall–Kier alpha value is -1.98. The molecule has 3 nitrogen and oxygen atoms in total. The topological polar surface area (TPSA) is 41.6 Å². The van der Waals surface area contributed by atoms with E-state index in [1.165, 1.54) is 27.0 Å². The van der Waals surface area contributed by atoms with Gasteiger partial charge in [-0.15, -0.1) is 11.3 Å². The standard InChI is InChI=1S/C16H13N3S2/c1-9-3-7-13(17-9)11-5-6-12(14-8-4-10(2)20-14)16-15(11)18-21-19-16/h3-8,17H,1-2H3. The molecule has 0 fully saturated rings. The third-order valence-corrected chi connectivity index (χ3v) is 5.11. The molecule has 1 N–H and O–H groups in total. The normalized spacial score (nSPS) is 11.3. The van der Waals surface area contributed by atoms with Crippen LogP contribution in [0.2, 0.25) is 0 Å². The molecule has 0 spiro atoms. The monoisotopic (exact) mass is 311 g/mol. The van der Waals surface area contributed by atoms with Gasteiger partial charge < -0.3 is 4.98 Å². The summed E-state index contributed by atoms with van der Waals surface area (Å²) in [6.45, 7) is 4.18. The van der Waals surface area contributed by atoms with Crippen LogP contribution in [0.5, 0.6) is 0 Å². The van der Waals surface area contributed by atoms with Gasteiger partial charge >= 0.3 is 0 Å². The smallest absolute Gasteiger partial charge is 0.114 e. The van der Waals surface area contributed by atoms with Crippen molar-refractivity contribution in [3.63, 3.8) is 0 Å². The third kappa shape index (κ3) is 2.09. The first-order valence-corrected chi connectivity index (χ1v) is 8.25. The maximum Gasteiger partial charge on any atom is 0.114 e. The number of aromatic nitrogens is 3. The number of hydrogen-bond donors (Lipinski definition) is 1. The molecule has 0 bridgehead atoms. The lowest BCUT2D eigenvalue weighted by Crippen LogP contribution is -1.84. The van der Waals surface area contributed by atoms with Gasteiger partial charge in [0, 0.05) is 32.3 Å². The number of rotatable bonds is 2. The minimum atomic E-state index is 0.977. The first-order chi connectivity index (χ1) is 10.2. The van der Waals surface area contributed by atoms with E-state index in [1.807, 2.05) is 0 Å². The van der Waals surface area contributed by atoms with E-state index < -0.39 is 0 Å². The Bertz CT molecular complexity index is 856. The summed E-state index contributed by atoms with van der Waals surface area (Å²) < 4.78 is 9.03. The van der Waals surface area contributed by atoms with Gasteiger partial charge in [0.05, 0.1) is 11.7 Å². The van der Waals surface area contributed by atoms with Crippen LogP contribution >= 0.6 is 23.1 Å². The summed E-state index contributed by atoms with van der Waals surface area (Å²) in [5.74, 6) is 0. The average Bonchev–Trinajstić information content (AvgIpc) is 3.18. The minimum absolute atomic E-state index is 0.977. The van der Waals surface area contributed by atoms with Crippen LogP contribution in [-0.2, 0) is 0 Å². The van der Waals surface area contributed by atoms with E-state index in [0.29, 0.717) is 0 Å². The summed E-state index contributed by atoms with van der Waals surface area (Å²) in [4.78, 5) is 5.94. The molecule has 0 unspecified atom stereocenters. The molecule has 5 heteroatoms. The molecule has 104 valence electrons. The van der Waals surface area contributed by atoms with Crippen LogP contribution in [0, 0.1) is 13.8 Å². The molecular formula is C16H13N3S2. The van der Waals surface area contributed by atoms with Crippen LogP contribution in [-0.4, -0.2) is 13.7 Å². The summed E-state index contributed by atoms with van der Waals surface area (Å²) in [6, 6.07) is 12.8. The fraction of sp³-hybridized carbons (Fsp3) is 0.125. The van der Waals surface area contributed by atoms with Crippen LogP contribution in [0.25, 0.3) is 32.7 Å². The molecular weight excluding hydrogens is 298 g/mol. The maximum atomic E-state index is 4.52. The van der Waals surface area contributed by atoms with Gasteiger partial charge in [-0.3, -0.25) is 0 Å². The van der Waals surface area contributed by atoms with Crippen molar-refractivity contribution in [2.24, 2.45) is 0 Å². The van der Waals surface area contributed by atoms with E-state index in [0.717, 1.165) is 28.0 Å². The van der Waals surface area contributed by atoms with Crippen molar-refractivity contribution >= 4 is 34.1 Å². The van der Waals surface area contributed by atoms with Gasteiger partial charge in [0.1, 0.15) is 11.0 Å². The number of H-pyrrole nitrogens is 1. The Morgan fingerprint density at radius 3 is 2.29 bits per heavy atom. The number of aryl methyl sites for hydroxylation is 2. The van der Waals surface area contributed by atoms with Gasteiger partial charge in [-0.1, -0.05) is 6.07 Å². The second-order valence-corrected chi connectivity index (χ2v) is 6.90. The molecule has 3 heterocycles. The van der Waals surface area contributed by atoms with E-state index in [1.54, 1.807) is 11.3 Å². The molecule has 0 amide bonds. The van der Waals surface area contributed by atoms with Crippen LogP contribution in [0.1, 0.15) is 10.6 Å². The van der Waals surface area contributed by atoms with E-state index in [9.17, 15) is 0 Å². The molecule has 0 aliphatic heterocycles. The van der Waals surface area contributed by atoms with Crippen LogP contribution in [0.4, 0.5) is 0 Å². The van der Waals surface area contributed by atoms with Gasteiger partial charge in [0.2, 0.25) is 0 Å². The lowest BCUT2D eigenvalue weighted by molar-refractivity contribution is 1.27. The molecule has 3 aromatic heterocycles. The minimum Gasteiger partial charge on any atom is -0.359 e. The van der Waals surface area contributed by atoms with Crippen molar-refractivity contribution in [3.05, 3.63) is 47.0 Å². The van der Waals surface area contributed by atoms with E-state index >= 15 is 0 Å². The summed E-state index contributed by atoms with van der Waals surface area (Å²) in [5, 5.41) is 0. The molecule has 0 radical (unpaired) electrons. The molecule has 0 saturated heterocycles. The highest BCUT2D eigenvalue weighted by Crippen LogP contribution is 2.36. The fourth-order valence-electron chi connectivity index (χ4n) is 2.52. The predicted octanol–water partition coefficient (Wildman–Crippen LogP) is 5.03. The SMILES string of the molecule is Cc1ccc(-c2ccc(-c3ccc(C)s3)c3nsnc23)[nH]1. The summed E-state index contributed by atoms with van der Waals surface area (Å²) in [6.07, 6.45) is 0. The first-order valence-electron chi connectivity index (χ1n) is 6.70. The zero-order valence-corrected chi connectivity index (χ0v) is 13.3. The fourth-order valence-corrected chi connectivity index (χ4v) is 3.99. The molecule has 0 saturated carbocycles. The average molecular weight is 311 g/mol. The second-order valence-electron chi connectivity index (χ2n) is 5.09. The van der Waals surface area contributed by atoms with Crippen LogP contribution in [0.3, 0.4) is 0 Å². The quantitative estimate of drug-likeness (QED) is 0.564. The highest BCUT2D eigenvalue weighted by molar-refractivity contribution is 7.15. The van der Waals surface area contributed by atoms with Crippen molar-refractivity contribution in [1.29, 1.82) is 0 Å². The van der Waals surface area contributed by atoms with Crippen molar-refractivity contribution < 1.29 is 0 Å². The number of hydrogen-bond acceptors (Lipinski definition) is 4. The zero-order valence-electron chi connectivity index (χ0n) is 11.7. The number of aromatic amines is 1. The molecule has 4 rings (SSSR count). The molecule has 1 aromatic carbocycles. The second kappa shape index (κ2) is 4.79. The molecule has 0 aliphatic carbocycles. The highest BCUT2D eigenvalue weighted by atomic mass is 32.1. The summed E-state index contributed by atoms with van der Waals surface area (Å²) in [7, 11) is 0. The van der Waals surface area contributed by atoms with Crippen molar-refractivity contribution in [2.45, 2.75) is 13.8 Å². The maximum absolute atomic E-state index is 4.52. The first kappa shape index (κ1) is 12.7. The largest absolute Gasteiger partial charge is 0.359 e. The van der Waals surface area contributed by atoms with E-state index in [-0.39, 0.29) is 0 Å². The summed E-state index contributed by atoms with van der Waals surface area (Å²) >= 11 is 3.07. The Morgan fingerprint density at radius 2 is 1.62 bits per heavy atom. The van der Waals surface area contributed by atoms with Crippen molar-refractivity contribution in [3.8, 4) is 21.7 Å². The highest BCUT2D eigenvalue weighted by Gasteiger charge is 2.14. The molecule has 0 atom stereocenters. The van der Waals surface area contributed by atoms with E-state index in [2.05, 4.69) is 64.0 Å². The summed E-state index contributed by atoms with van der Waals surface area (Å²) in [5.41, 5.74) is 6.50. The van der Waals surface area contributed by atoms with Gasteiger partial charge in [-0.05, 0) is 44.2 Å².